The maximum atomic E-state index is 10.6. The van der Waals surface area contributed by atoms with Crippen molar-refractivity contribution in [2.24, 2.45) is 5.73 Å². The number of carboxylic acids is 1. The molecule has 0 saturated heterocycles. The highest BCUT2D eigenvalue weighted by Crippen LogP contribution is 2.18. The van der Waals surface area contributed by atoms with Crippen LogP contribution in [0.2, 0.25) is 0 Å². The molecule has 3 N–H and O–H groups in total. The Balaban J connectivity index is 1.77. The van der Waals surface area contributed by atoms with Crippen molar-refractivity contribution in [3.8, 4) is 0 Å². The number of hydrogen-bond donors (Lipinski definition) is 2. The van der Waals surface area contributed by atoms with E-state index in [4.69, 9.17) is 10.8 Å². The second kappa shape index (κ2) is 6.19. The molecule has 1 atom stereocenters. The summed E-state index contributed by atoms with van der Waals surface area (Å²) in [6.07, 6.45) is 3.88. The van der Waals surface area contributed by atoms with Gasteiger partial charge >= 0.3 is 5.97 Å². The number of aliphatic carboxylic acids is 1. The summed E-state index contributed by atoms with van der Waals surface area (Å²) in [5.74, 6) is 2.66. The van der Waals surface area contributed by atoms with Gasteiger partial charge in [0, 0.05) is 13.0 Å². The molecule has 0 spiro atoms. The van der Waals surface area contributed by atoms with Crippen LogP contribution in [0, 0.1) is 0 Å². The Bertz CT molecular complexity index is 421. The Hall–Kier alpha value is -1.08. The number of thioether (sulfide) groups is 1. The van der Waals surface area contributed by atoms with E-state index in [9.17, 15) is 4.79 Å². The zero-order chi connectivity index (χ0) is 13.0. The minimum atomic E-state index is -0.935. The Morgan fingerprint density at radius 2 is 2.33 bits per heavy atom. The average molecular weight is 270 g/mol. The van der Waals surface area contributed by atoms with E-state index in [1.165, 1.54) is 12.8 Å². The Morgan fingerprint density at radius 1 is 1.50 bits per heavy atom. The van der Waals surface area contributed by atoms with Gasteiger partial charge in [0.15, 0.2) is 0 Å². The Kier molecular flexibility index (Phi) is 4.60. The predicted molar refractivity (Wildman–Crippen MR) is 69.4 cm³/mol. The molecule has 0 saturated carbocycles. The van der Waals surface area contributed by atoms with E-state index in [2.05, 4.69) is 14.8 Å². The van der Waals surface area contributed by atoms with Gasteiger partial charge in [-0.2, -0.15) is 11.8 Å². The molecule has 0 fully saturated rings. The second-order valence-electron chi connectivity index (χ2n) is 4.43. The van der Waals surface area contributed by atoms with Crippen LogP contribution in [0.3, 0.4) is 0 Å². The van der Waals surface area contributed by atoms with Crippen molar-refractivity contribution in [2.75, 3.05) is 5.75 Å². The molecule has 100 valence electrons. The third-order valence-corrected chi connectivity index (χ3v) is 4.04. The molecule has 0 bridgehead atoms. The fourth-order valence-electron chi connectivity index (χ4n) is 1.97. The van der Waals surface area contributed by atoms with E-state index in [0.29, 0.717) is 6.42 Å². The van der Waals surface area contributed by atoms with Gasteiger partial charge in [0.1, 0.15) is 17.7 Å². The summed E-state index contributed by atoms with van der Waals surface area (Å²) in [5.41, 5.74) is 5.44. The summed E-state index contributed by atoms with van der Waals surface area (Å²) in [4.78, 5) is 10.6. The normalized spacial score (nSPS) is 16.3. The zero-order valence-electron chi connectivity index (χ0n) is 10.2. The molecule has 2 rings (SSSR count). The van der Waals surface area contributed by atoms with E-state index in [0.717, 1.165) is 36.1 Å². The number of aryl methyl sites for hydroxylation is 1. The van der Waals surface area contributed by atoms with E-state index < -0.39 is 12.0 Å². The van der Waals surface area contributed by atoms with Crippen molar-refractivity contribution < 1.29 is 9.90 Å². The number of nitrogens with zero attached hydrogens (tertiary/aromatic N) is 3. The summed E-state index contributed by atoms with van der Waals surface area (Å²) in [6, 6.07) is -0.759. The van der Waals surface area contributed by atoms with Crippen LogP contribution in [-0.4, -0.2) is 37.6 Å². The lowest BCUT2D eigenvalue weighted by molar-refractivity contribution is -0.138. The van der Waals surface area contributed by atoms with Crippen LogP contribution in [0.5, 0.6) is 0 Å². The van der Waals surface area contributed by atoms with Gasteiger partial charge in [-0.05, 0) is 25.0 Å². The lowest BCUT2D eigenvalue weighted by Gasteiger charge is -2.14. The topological polar surface area (TPSA) is 94.0 Å². The van der Waals surface area contributed by atoms with Crippen molar-refractivity contribution in [3.05, 3.63) is 11.6 Å². The fourth-order valence-corrected chi connectivity index (χ4v) is 2.93. The number of carboxylic acid groups (broad SMARTS) is 1. The predicted octanol–water partition coefficient (Wildman–Crippen LogP) is 0.650. The highest BCUT2D eigenvalue weighted by Gasteiger charge is 2.16. The van der Waals surface area contributed by atoms with E-state index in [1.54, 1.807) is 11.8 Å². The molecule has 1 aliphatic rings. The molecular formula is C11H18N4O2S. The SMILES string of the molecule is NC(CCSCc1nnc2n1CCCC2)C(=O)O. The molecule has 0 aromatic carbocycles. The van der Waals surface area contributed by atoms with E-state index in [-0.39, 0.29) is 0 Å². The molecule has 2 heterocycles. The van der Waals surface area contributed by atoms with Crippen LogP contribution >= 0.6 is 11.8 Å². The largest absolute Gasteiger partial charge is 0.480 e. The maximum Gasteiger partial charge on any atom is 0.320 e. The first-order chi connectivity index (χ1) is 8.68. The molecule has 0 radical (unpaired) electrons. The van der Waals surface area contributed by atoms with Gasteiger partial charge in [0.25, 0.3) is 0 Å². The summed E-state index contributed by atoms with van der Waals surface area (Å²) in [7, 11) is 0. The van der Waals surface area contributed by atoms with E-state index in [1.807, 2.05) is 0 Å². The summed E-state index contributed by atoms with van der Waals surface area (Å²) >= 11 is 1.66. The zero-order valence-corrected chi connectivity index (χ0v) is 11.0. The molecule has 0 aliphatic carbocycles. The number of hydrogen-bond acceptors (Lipinski definition) is 5. The van der Waals surface area contributed by atoms with Gasteiger partial charge < -0.3 is 15.4 Å². The maximum absolute atomic E-state index is 10.6. The van der Waals surface area contributed by atoms with Gasteiger partial charge in [-0.1, -0.05) is 0 Å². The molecule has 0 amide bonds. The minimum absolute atomic E-state index is 0.487. The first kappa shape index (κ1) is 13.4. The van der Waals surface area contributed by atoms with Crippen LogP contribution in [0.25, 0.3) is 0 Å². The molecule has 7 heteroatoms. The lowest BCUT2D eigenvalue weighted by Crippen LogP contribution is -2.30. The molecule has 1 aromatic heterocycles. The number of fused-ring (bicyclic) bond motifs is 1. The average Bonchev–Trinajstić information content (AvgIpc) is 2.77. The second-order valence-corrected chi connectivity index (χ2v) is 5.53. The highest BCUT2D eigenvalue weighted by atomic mass is 32.2. The Labute approximate surface area is 110 Å². The molecule has 6 nitrogen and oxygen atoms in total. The summed E-state index contributed by atoms with van der Waals surface area (Å²) in [5, 5.41) is 17.0. The minimum Gasteiger partial charge on any atom is -0.480 e. The lowest BCUT2D eigenvalue weighted by atomic mass is 10.2. The molecule has 1 unspecified atom stereocenters. The molecule has 1 aromatic rings. The third kappa shape index (κ3) is 3.23. The van der Waals surface area contributed by atoms with Crippen LogP contribution < -0.4 is 5.73 Å². The third-order valence-electron chi connectivity index (χ3n) is 3.06. The van der Waals surface area contributed by atoms with Gasteiger partial charge in [-0.25, -0.2) is 0 Å². The van der Waals surface area contributed by atoms with Crippen molar-refractivity contribution in [2.45, 2.75) is 44.0 Å². The van der Waals surface area contributed by atoms with Gasteiger partial charge in [0.2, 0.25) is 0 Å². The van der Waals surface area contributed by atoms with Gasteiger partial charge in [0.05, 0.1) is 5.75 Å². The van der Waals surface area contributed by atoms with Crippen LogP contribution in [0.15, 0.2) is 0 Å². The highest BCUT2D eigenvalue weighted by molar-refractivity contribution is 7.98. The standard InChI is InChI=1S/C11H18N4O2S/c12-8(11(16)17)4-6-18-7-10-14-13-9-3-1-2-5-15(9)10/h8H,1-7,12H2,(H,16,17). The van der Waals surface area contributed by atoms with Crippen LogP contribution in [0.4, 0.5) is 0 Å². The van der Waals surface area contributed by atoms with Crippen LogP contribution in [-0.2, 0) is 23.5 Å². The van der Waals surface area contributed by atoms with Gasteiger partial charge in [-0.3, -0.25) is 4.79 Å². The van der Waals surface area contributed by atoms with Crippen molar-refractivity contribution >= 4 is 17.7 Å². The molecular weight excluding hydrogens is 252 g/mol. The number of aromatic nitrogens is 3. The Morgan fingerprint density at radius 3 is 3.11 bits per heavy atom. The smallest absolute Gasteiger partial charge is 0.320 e. The first-order valence-corrected chi connectivity index (χ1v) is 7.31. The fraction of sp³-hybridized carbons (Fsp3) is 0.727. The van der Waals surface area contributed by atoms with Gasteiger partial charge in [-0.15, -0.1) is 10.2 Å². The number of rotatable bonds is 6. The van der Waals surface area contributed by atoms with E-state index >= 15 is 0 Å². The molecule has 18 heavy (non-hydrogen) atoms. The van der Waals surface area contributed by atoms with Crippen molar-refractivity contribution in [1.82, 2.24) is 14.8 Å². The first-order valence-electron chi connectivity index (χ1n) is 6.15. The quantitative estimate of drug-likeness (QED) is 0.737. The number of nitrogens with two attached hydrogens (primary N) is 1. The van der Waals surface area contributed by atoms with Crippen LogP contribution in [0.1, 0.15) is 30.9 Å². The van der Waals surface area contributed by atoms with Crippen molar-refractivity contribution in [1.29, 1.82) is 0 Å². The molecule has 1 aliphatic heterocycles. The summed E-state index contributed by atoms with van der Waals surface area (Å²) in [6.45, 7) is 1.01. The van der Waals surface area contributed by atoms with Crippen molar-refractivity contribution in [3.63, 3.8) is 0 Å². The monoisotopic (exact) mass is 270 g/mol. The number of carbonyl (C=O) groups is 1. The summed E-state index contributed by atoms with van der Waals surface area (Å²) < 4.78 is 2.19.